The fourth-order valence-corrected chi connectivity index (χ4v) is 3.43. The molecule has 1 aliphatic carbocycles. The van der Waals surface area contributed by atoms with Crippen LogP contribution in [0.3, 0.4) is 0 Å². The second-order valence-electron chi connectivity index (χ2n) is 7.47. The summed E-state index contributed by atoms with van der Waals surface area (Å²) in [5.41, 5.74) is 9.41. The minimum atomic E-state index is -0.554. The number of aryl methyl sites for hydroxylation is 1. The number of hydrogen-bond acceptors (Lipinski definition) is 1. The normalized spacial score (nSPS) is 19.0. The molecular formula is C23H32FN. The number of hydrogen-bond donors (Lipinski definition) is 1. The fourth-order valence-electron chi connectivity index (χ4n) is 3.43. The molecule has 0 amide bonds. The van der Waals surface area contributed by atoms with E-state index in [4.69, 9.17) is 5.73 Å². The average molecular weight is 342 g/mol. The smallest absolute Gasteiger partial charge is 0.126 e. The van der Waals surface area contributed by atoms with Gasteiger partial charge in [0.25, 0.3) is 0 Å². The third kappa shape index (κ3) is 4.92. The Hall–Kier alpha value is -1.67. The first-order valence-electron chi connectivity index (χ1n) is 9.47. The van der Waals surface area contributed by atoms with Crippen molar-refractivity contribution >= 4 is 0 Å². The zero-order valence-electron chi connectivity index (χ0n) is 15.9. The Morgan fingerprint density at radius 2 is 2.12 bits per heavy atom. The monoisotopic (exact) mass is 341 g/mol. The Bertz CT molecular complexity index is 654. The van der Waals surface area contributed by atoms with Crippen LogP contribution >= 0.6 is 0 Å². The van der Waals surface area contributed by atoms with Gasteiger partial charge in [0.1, 0.15) is 5.82 Å². The van der Waals surface area contributed by atoms with Crippen LogP contribution in [0.15, 0.2) is 54.7 Å². The van der Waals surface area contributed by atoms with Crippen molar-refractivity contribution in [3.05, 3.63) is 71.6 Å². The molecule has 0 spiro atoms. The Kier molecular flexibility index (Phi) is 6.78. The summed E-state index contributed by atoms with van der Waals surface area (Å²) < 4.78 is 13.8. The molecule has 0 aliphatic heterocycles. The number of nitrogens with two attached hydrogens (primary N) is 1. The standard InChI is InChI=1S/C23H32FN/c1-5-7-8-9-21(17(3)6-2)23(25,15-14-19-10-11-19)20-12-13-22(24)18(4)16-20/h5,7-9,12-13,16-17,19H,1,6,10-11,14-15,25H2,2-4H3/b8-7-,21-9+. The largest absolute Gasteiger partial charge is 0.318 e. The van der Waals surface area contributed by atoms with Gasteiger partial charge in [-0.2, -0.15) is 0 Å². The van der Waals surface area contributed by atoms with Gasteiger partial charge in [0.2, 0.25) is 0 Å². The van der Waals surface area contributed by atoms with Crippen LogP contribution in [0.2, 0.25) is 0 Å². The molecule has 1 saturated carbocycles. The Morgan fingerprint density at radius 3 is 2.68 bits per heavy atom. The fraction of sp³-hybridized carbons (Fsp3) is 0.478. The number of rotatable bonds is 9. The van der Waals surface area contributed by atoms with Crippen molar-refractivity contribution in [2.75, 3.05) is 0 Å². The van der Waals surface area contributed by atoms with E-state index >= 15 is 0 Å². The molecule has 1 aromatic rings. The van der Waals surface area contributed by atoms with Crippen LogP contribution in [-0.4, -0.2) is 0 Å². The summed E-state index contributed by atoms with van der Waals surface area (Å²) in [6.07, 6.45) is 13.6. The quantitative estimate of drug-likeness (QED) is 0.532. The molecule has 136 valence electrons. The molecule has 0 aromatic heterocycles. The summed E-state index contributed by atoms with van der Waals surface area (Å²) in [5, 5.41) is 0. The highest BCUT2D eigenvalue weighted by Crippen LogP contribution is 2.42. The second kappa shape index (κ2) is 8.62. The lowest BCUT2D eigenvalue weighted by atomic mass is 9.73. The van der Waals surface area contributed by atoms with Gasteiger partial charge in [0.05, 0.1) is 5.54 Å². The molecule has 2 unspecified atom stereocenters. The summed E-state index contributed by atoms with van der Waals surface area (Å²) >= 11 is 0. The van der Waals surface area contributed by atoms with Crippen LogP contribution in [0, 0.1) is 24.6 Å². The third-order valence-corrected chi connectivity index (χ3v) is 5.50. The highest BCUT2D eigenvalue weighted by Gasteiger charge is 2.36. The Balaban J connectivity index is 2.48. The van der Waals surface area contributed by atoms with E-state index in [0.717, 1.165) is 30.7 Å². The van der Waals surface area contributed by atoms with Gasteiger partial charge in [-0.05, 0) is 60.8 Å². The van der Waals surface area contributed by atoms with E-state index in [2.05, 4.69) is 26.5 Å². The van der Waals surface area contributed by atoms with Gasteiger partial charge in [-0.25, -0.2) is 4.39 Å². The van der Waals surface area contributed by atoms with Crippen molar-refractivity contribution in [2.45, 2.75) is 58.4 Å². The zero-order valence-corrected chi connectivity index (χ0v) is 15.9. The molecule has 2 rings (SSSR count). The van der Waals surface area contributed by atoms with Gasteiger partial charge < -0.3 is 5.73 Å². The zero-order chi connectivity index (χ0) is 18.4. The molecule has 1 nitrogen and oxygen atoms in total. The molecule has 0 heterocycles. The van der Waals surface area contributed by atoms with Crippen molar-refractivity contribution in [3.8, 4) is 0 Å². The van der Waals surface area contributed by atoms with Crippen LogP contribution in [-0.2, 0) is 5.54 Å². The maximum absolute atomic E-state index is 13.8. The summed E-state index contributed by atoms with van der Waals surface area (Å²) in [6, 6.07) is 5.34. The van der Waals surface area contributed by atoms with Gasteiger partial charge in [-0.15, -0.1) is 0 Å². The van der Waals surface area contributed by atoms with Crippen LogP contribution < -0.4 is 5.73 Å². The molecule has 0 radical (unpaired) electrons. The SMILES string of the molecule is C=C/C=C\C=C(/C(C)CC)C(N)(CCC1CC1)c1ccc(F)c(C)c1. The van der Waals surface area contributed by atoms with Gasteiger partial charge in [-0.1, -0.05) is 69.7 Å². The van der Waals surface area contributed by atoms with Gasteiger partial charge in [0.15, 0.2) is 0 Å². The van der Waals surface area contributed by atoms with Gasteiger partial charge >= 0.3 is 0 Å². The summed E-state index contributed by atoms with van der Waals surface area (Å²) in [4.78, 5) is 0. The molecular weight excluding hydrogens is 309 g/mol. The minimum absolute atomic E-state index is 0.172. The molecule has 1 aliphatic rings. The number of benzene rings is 1. The second-order valence-corrected chi connectivity index (χ2v) is 7.47. The van der Waals surface area contributed by atoms with Crippen molar-refractivity contribution in [3.63, 3.8) is 0 Å². The maximum atomic E-state index is 13.8. The van der Waals surface area contributed by atoms with E-state index in [9.17, 15) is 4.39 Å². The molecule has 25 heavy (non-hydrogen) atoms. The average Bonchev–Trinajstić information content (AvgIpc) is 3.43. The minimum Gasteiger partial charge on any atom is -0.318 e. The highest BCUT2D eigenvalue weighted by atomic mass is 19.1. The number of allylic oxidation sites excluding steroid dienone is 4. The lowest BCUT2D eigenvalue weighted by Crippen LogP contribution is -2.41. The molecule has 0 bridgehead atoms. The molecule has 1 fully saturated rings. The predicted molar refractivity (Wildman–Crippen MR) is 106 cm³/mol. The molecule has 2 atom stereocenters. The molecule has 1 aromatic carbocycles. The molecule has 2 heteroatoms. The van der Waals surface area contributed by atoms with Gasteiger partial charge in [0, 0.05) is 0 Å². The first-order valence-corrected chi connectivity index (χ1v) is 9.47. The van der Waals surface area contributed by atoms with Crippen molar-refractivity contribution in [1.29, 1.82) is 0 Å². The van der Waals surface area contributed by atoms with Crippen LogP contribution in [0.5, 0.6) is 0 Å². The first kappa shape index (κ1) is 19.7. The lowest BCUT2D eigenvalue weighted by Gasteiger charge is -2.36. The third-order valence-electron chi connectivity index (χ3n) is 5.50. The van der Waals surface area contributed by atoms with Crippen molar-refractivity contribution < 1.29 is 4.39 Å². The van der Waals surface area contributed by atoms with E-state index in [1.165, 1.54) is 18.4 Å². The summed E-state index contributed by atoms with van der Waals surface area (Å²) in [7, 11) is 0. The van der Waals surface area contributed by atoms with E-state index in [-0.39, 0.29) is 5.82 Å². The lowest BCUT2D eigenvalue weighted by molar-refractivity contribution is 0.400. The number of halogens is 1. The first-order chi connectivity index (χ1) is 11.9. The Morgan fingerprint density at radius 1 is 1.40 bits per heavy atom. The Labute approximate surface area is 152 Å². The van der Waals surface area contributed by atoms with E-state index < -0.39 is 5.54 Å². The van der Waals surface area contributed by atoms with Crippen molar-refractivity contribution in [2.24, 2.45) is 17.6 Å². The van der Waals surface area contributed by atoms with Crippen LogP contribution in [0.4, 0.5) is 4.39 Å². The van der Waals surface area contributed by atoms with Crippen LogP contribution in [0.25, 0.3) is 0 Å². The van der Waals surface area contributed by atoms with E-state index in [1.807, 2.05) is 31.2 Å². The summed E-state index contributed by atoms with van der Waals surface area (Å²) in [5.74, 6) is 1.00. The van der Waals surface area contributed by atoms with Gasteiger partial charge in [-0.3, -0.25) is 0 Å². The maximum Gasteiger partial charge on any atom is 0.126 e. The summed E-state index contributed by atoms with van der Waals surface area (Å²) in [6.45, 7) is 9.97. The van der Waals surface area contributed by atoms with E-state index in [1.54, 1.807) is 12.1 Å². The van der Waals surface area contributed by atoms with E-state index in [0.29, 0.717) is 11.5 Å². The van der Waals surface area contributed by atoms with Crippen LogP contribution in [0.1, 0.15) is 57.1 Å². The molecule has 0 saturated heterocycles. The topological polar surface area (TPSA) is 26.0 Å². The van der Waals surface area contributed by atoms with Crippen molar-refractivity contribution in [1.82, 2.24) is 0 Å². The predicted octanol–water partition coefficient (Wildman–Crippen LogP) is 6.19. The molecule has 2 N–H and O–H groups in total. The highest BCUT2D eigenvalue weighted by molar-refractivity contribution is 5.40.